The summed E-state index contributed by atoms with van der Waals surface area (Å²) in [6, 6.07) is 9.65. The van der Waals surface area contributed by atoms with Crippen LogP contribution in [0.25, 0.3) is 5.69 Å². The molecule has 2 aromatic rings. The first-order chi connectivity index (χ1) is 8.27. The van der Waals surface area contributed by atoms with Crippen molar-refractivity contribution in [2.24, 2.45) is 0 Å². The van der Waals surface area contributed by atoms with E-state index >= 15 is 0 Å². The highest BCUT2D eigenvalue weighted by Crippen LogP contribution is 2.34. The second-order valence-corrected chi connectivity index (χ2v) is 4.23. The molecule has 1 aliphatic carbocycles. The topological polar surface area (TPSA) is 55.1 Å². The molecule has 17 heavy (non-hydrogen) atoms. The zero-order chi connectivity index (χ0) is 11.8. The number of carboxylic acids is 1. The van der Waals surface area contributed by atoms with Gasteiger partial charge >= 0.3 is 5.97 Å². The van der Waals surface area contributed by atoms with Crippen LogP contribution in [0.2, 0.25) is 0 Å². The lowest BCUT2D eigenvalue weighted by atomic mass is 10.1. The van der Waals surface area contributed by atoms with E-state index in [0.717, 1.165) is 23.4 Å². The summed E-state index contributed by atoms with van der Waals surface area (Å²) in [5, 5.41) is 13.5. The number of aromatic nitrogens is 2. The number of benzene rings is 1. The molecule has 0 saturated heterocycles. The van der Waals surface area contributed by atoms with Crippen LogP contribution in [0.15, 0.2) is 36.5 Å². The van der Waals surface area contributed by atoms with Gasteiger partial charge in [-0.15, -0.1) is 0 Å². The average Bonchev–Trinajstić information content (AvgIpc) is 2.90. The van der Waals surface area contributed by atoms with Crippen LogP contribution in [0, 0.1) is 0 Å². The third-order valence-electron chi connectivity index (χ3n) is 3.22. The van der Waals surface area contributed by atoms with E-state index in [2.05, 4.69) is 5.10 Å². The van der Waals surface area contributed by atoms with E-state index in [1.54, 1.807) is 10.9 Å². The first-order valence-corrected chi connectivity index (χ1v) is 5.62. The van der Waals surface area contributed by atoms with Crippen molar-refractivity contribution in [3.05, 3.63) is 47.8 Å². The highest BCUT2D eigenvalue weighted by molar-refractivity contribution is 5.77. The van der Waals surface area contributed by atoms with Crippen LogP contribution in [-0.4, -0.2) is 20.9 Å². The van der Waals surface area contributed by atoms with E-state index in [1.807, 2.05) is 30.3 Å². The van der Waals surface area contributed by atoms with Crippen molar-refractivity contribution in [3.8, 4) is 5.69 Å². The number of carboxylic acid groups (broad SMARTS) is 1. The molecule has 0 fully saturated rings. The second kappa shape index (κ2) is 3.73. The van der Waals surface area contributed by atoms with Gasteiger partial charge in [0.15, 0.2) is 0 Å². The van der Waals surface area contributed by atoms with Crippen molar-refractivity contribution in [3.63, 3.8) is 0 Å². The zero-order valence-electron chi connectivity index (χ0n) is 9.21. The molecule has 3 rings (SSSR count). The summed E-state index contributed by atoms with van der Waals surface area (Å²) in [6.45, 7) is 0. The number of hydrogen-bond donors (Lipinski definition) is 1. The Labute approximate surface area is 98.5 Å². The SMILES string of the molecule is O=C(O)[C@@H]1CCc2cnn(-c3ccccc3)c21. The molecule has 0 unspecified atom stereocenters. The Morgan fingerprint density at radius 1 is 1.35 bits per heavy atom. The lowest BCUT2D eigenvalue weighted by molar-refractivity contribution is -0.138. The van der Waals surface area contributed by atoms with Crippen LogP contribution < -0.4 is 0 Å². The maximum absolute atomic E-state index is 11.2. The number of rotatable bonds is 2. The Balaban J connectivity index is 2.12. The summed E-state index contributed by atoms with van der Waals surface area (Å²) >= 11 is 0. The molecule has 1 N–H and O–H groups in total. The van der Waals surface area contributed by atoms with Crippen molar-refractivity contribution in [2.75, 3.05) is 0 Å². The zero-order valence-corrected chi connectivity index (χ0v) is 9.21. The monoisotopic (exact) mass is 228 g/mol. The van der Waals surface area contributed by atoms with Crippen LogP contribution in [0.4, 0.5) is 0 Å². The molecule has 0 aliphatic heterocycles. The standard InChI is InChI=1S/C13H12N2O2/c16-13(17)11-7-6-9-8-14-15(12(9)11)10-4-2-1-3-5-10/h1-5,8,11H,6-7H2,(H,16,17)/t11-/m1/s1. The normalized spacial score (nSPS) is 18.0. The highest BCUT2D eigenvalue weighted by Gasteiger charge is 2.32. The molecule has 0 bridgehead atoms. The Morgan fingerprint density at radius 2 is 2.12 bits per heavy atom. The summed E-state index contributed by atoms with van der Waals surface area (Å²) in [5.41, 5.74) is 2.81. The molecule has 1 aromatic carbocycles. The molecule has 4 nitrogen and oxygen atoms in total. The minimum absolute atomic E-state index is 0.423. The van der Waals surface area contributed by atoms with Crippen LogP contribution in [0.3, 0.4) is 0 Å². The molecule has 0 amide bonds. The molecule has 4 heteroatoms. The van der Waals surface area contributed by atoms with Crippen molar-refractivity contribution in [2.45, 2.75) is 18.8 Å². The smallest absolute Gasteiger partial charge is 0.312 e. The number of aryl methyl sites for hydroxylation is 1. The summed E-state index contributed by atoms with van der Waals surface area (Å²) in [6.07, 6.45) is 3.26. The fourth-order valence-electron chi connectivity index (χ4n) is 2.41. The second-order valence-electron chi connectivity index (χ2n) is 4.23. The molecule has 86 valence electrons. The van der Waals surface area contributed by atoms with Crippen molar-refractivity contribution < 1.29 is 9.90 Å². The van der Waals surface area contributed by atoms with Gasteiger partial charge in [-0.3, -0.25) is 4.79 Å². The molecule has 1 aromatic heterocycles. The van der Waals surface area contributed by atoms with Gasteiger partial charge in [0, 0.05) is 0 Å². The van der Waals surface area contributed by atoms with Gasteiger partial charge in [0.1, 0.15) is 0 Å². The van der Waals surface area contributed by atoms with Crippen molar-refractivity contribution >= 4 is 5.97 Å². The molecule has 1 aliphatic rings. The largest absolute Gasteiger partial charge is 0.481 e. The van der Waals surface area contributed by atoms with E-state index in [4.69, 9.17) is 0 Å². The van der Waals surface area contributed by atoms with Crippen LogP contribution in [-0.2, 0) is 11.2 Å². The lowest BCUT2D eigenvalue weighted by Crippen LogP contribution is -2.13. The van der Waals surface area contributed by atoms with E-state index in [9.17, 15) is 9.90 Å². The number of aliphatic carboxylic acids is 1. The minimum atomic E-state index is -0.763. The van der Waals surface area contributed by atoms with Gasteiger partial charge in [-0.25, -0.2) is 4.68 Å². The molecule has 0 saturated carbocycles. The van der Waals surface area contributed by atoms with E-state index < -0.39 is 11.9 Å². The fraction of sp³-hybridized carbons (Fsp3) is 0.231. The number of hydrogen-bond acceptors (Lipinski definition) is 2. The number of para-hydroxylation sites is 1. The Morgan fingerprint density at radius 3 is 2.82 bits per heavy atom. The summed E-state index contributed by atoms with van der Waals surface area (Å²) in [4.78, 5) is 11.2. The minimum Gasteiger partial charge on any atom is -0.481 e. The third kappa shape index (κ3) is 1.53. The first-order valence-electron chi connectivity index (χ1n) is 5.62. The summed E-state index contributed by atoms with van der Waals surface area (Å²) < 4.78 is 1.75. The number of carbonyl (C=O) groups is 1. The lowest BCUT2D eigenvalue weighted by Gasteiger charge is -2.10. The third-order valence-corrected chi connectivity index (χ3v) is 3.22. The quantitative estimate of drug-likeness (QED) is 0.855. The molecule has 1 heterocycles. The average molecular weight is 228 g/mol. The van der Waals surface area contributed by atoms with Gasteiger partial charge < -0.3 is 5.11 Å². The molecular weight excluding hydrogens is 216 g/mol. The highest BCUT2D eigenvalue weighted by atomic mass is 16.4. The van der Waals surface area contributed by atoms with Gasteiger partial charge in [0.05, 0.1) is 23.5 Å². The molecular formula is C13H12N2O2. The van der Waals surface area contributed by atoms with E-state index in [0.29, 0.717) is 6.42 Å². The van der Waals surface area contributed by atoms with Crippen LogP contribution >= 0.6 is 0 Å². The fourth-order valence-corrected chi connectivity index (χ4v) is 2.41. The van der Waals surface area contributed by atoms with E-state index in [-0.39, 0.29) is 0 Å². The molecule has 1 atom stereocenters. The Kier molecular flexibility index (Phi) is 2.21. The van der Waals surface area contributed by atoms with Crippen LogP contribution in [0.5, 0.6) is 0 Å². The predicted octanol–water partition coefficient (Wildman–Crippen LogP) is 1.99. The van der Waals surface area contributed by atoms with Crippen molar-refractivity contribution in [1.29, 1.82) is 0 Å². The van der Waals surface area contributed by atoms with Crippen molar-refractivity contribution in [1.82, 2.24) is 9.78 Å². The Bertz CT molecular complexity index is 560. The Hall–Kier alpha value is -2.10. The first kappa shape index (κ1) is 10.1. The van der Waals surface area contributed by atoms with Gasteiger partial charge in [-0.05, 0) is 30.5 Å². The predicted molar refractivity (Wildman–Crippen MR) is 62.3 cm³/mol. The maximum Gasteiger partial charge on any atom is 0.312 e. The van der Waals surface area contributed by atoms with Crippen LogP contribution in [0.1, 0.15) is 23.6 Å². The summed E-state index contributed by atoms with van der Waals surface area (Å²) in [7, 11) is 0. The summed E-state index contributed by atoms with van der Waals surface area (Å²) in [5.74, 6) is -1.19. The number of fused-ring (bicyclic) bond motifs is 1. The van der Waals surface area contributed by atoms with E-state index in [1.165, 1.54) is 0 Å². The molecule has 0 spiro atoms. The van der Waals surface area contributed by atoms with Gasteiger partial charge in [0.25, 0.3) is 0 Å². The molecule has 0 radical (unpaired) electrons. The van der Waals surface area contributed by atoms with Gasteiger partial charge in [-0.2, -0.15) is 5.10 Å². The number of nitrogens with zero attached hydrogens (tertiary/aromatic N) is 2. The van der Waals surface area contributed by atoms with Gasteiger partial charge in [-0.1, -0.05) is 18.2 Å². The van der Waals surface area contributed by atoms with Gasteiger partial charge in [0.2, 0.25) is 0 Å². The maximum atomic E-state index is 11.2.